The van der Waals surface area contributed by atoms with Crippen LogP contribution in [0.4, 0.5) is 0 Å². The van der Waals surface area contributed by atoms with Crippen LogP contribution in [0.2, 0.25) is 5.02 Å². The van der Waals surface area contributed by atoms with Crippen molar-refractivity contribution in [2.45, 2.75) is 50.0 Å². The van der Waals surface area contributed by atoms with Gasteiger partial charge in [-0.05, 0) is 54.7 Å². The van der Waals surface area contributed by atoms with E-state index in [1.165, 1.54) is 0 Å². The Morgan fingerprint density at radius 3 is 2.45 bits per heavy atom. The van der Waals surface area contributed by atoms with E-state index in [4.69, 9.17) is 21.1 Å². The Morgan fingerprint density at radius 1 is 0.970 bits per heavy atom. The summed E-state index contributed by atoms with van der Waals surface area (Å²) in [6, 6.07) is 10.5. The van der Waals surface area contributed by atoms with E-state index in [1.54, 1.807) is 34.6 Å². The highest BCUT2D eigenvalue weighted by molar-refractivity contribution is 7.89. The standard InChI is InChI=1S/C24H29ClN2O5S/c25-21-15-19(16-22-24(21)32-14-4-13-31-22)17-26-23(28)10-7-18-5-8-20(9-6-18)33(29,30)27-11-2-1-3-12-27/h5-6,8-9,15-16H,1-4,7,10-14,17H2,(H,26,28). The van der Waals surface area contributed by atoms with Crippen LogP contribution in [0, 0.1) is 0 Å². The van der Waals surface area contributed by atoms with Crippen LogP contribution in [0.1, 0.15) is 43.2 Å². The number of carbonyl (C=O) groups excluding carboxylic acids is 1. The monoisotopic (exact) mass is 492 g/mol. The Morgan fingerprint density at radius 2 is 1.70 bits per heavy atom. The number of sulfonamides is 1. The predicted octanol–water partition coefficient (Wildman–Crippen LogP) is 3.92. The molecule has 178 valence electrons. The Labute approximate surface area is 200 Å². The van der Waals surface area contributed by atoms with Gasteiger partial charge in [-0.2, -0.15) is 4.31 Å². The number of benzene rings is 2. The van der Waals surface area contributed by atoms with E-state index >= 15 is 0 Å². The molecule has 7 nitrogen and oxygen atoms in total. The van der Waals surface area contributed by atoms with Crippen molar-refractivity contribution in [3.05, 3.63) is 52.5 Å². The fraction of sp³-hybridized carbons (Fsp3) is 0.458. The molecule has 0 unspecified atom stereocenters. The van der Waals surface area contributed by atoms with Crippen LogP contribution in [0.3, 0.4) is 0 Å². The zero-order valence-electron chi connectivity index (χ0n) is 18.5. The first-order valence-corrected chi connectivity index (χ1v) is 13.2. The highest BCUT2D eigenvalue weighted by Gasteiger charge is 2.25. The van der Waals surface area contributed by atoms with Gasteiger partial charge in [0.15, 0.2) is 11.5 Å². The number of fused-ring (bicyclic) bond motifs is 1. The van der Waals surface area contributed by atoms with Gasteiger partial charge in [0.05, 0.1) is 23.1 Å². The molecular weight excluding hydrogens is 464 g/mol. The summed E-state index contributed by atoms with van der Waals surface area (Å²) in [6.45, 7) is 2.63. The zero-order chi connectivity index (χ0) is 23.3. The summed E-state index contributed by atoms with van der Waals surface area (Å²) in [6.07, 6.45) is 4.51. The van der Waals surface area contributed by atoms with Gasteiger partial charge < -0.3 is 14.8 Å². The quantitative estimate of drug-likeness (QED) is 0.633. The molecule has 1 fully saturated rings. The predicted molar refractivity (Wildman–Crippen MR) is 126 cm³/mol. The minimum Gasteiger partial charge on any atom is -0.489 e. The lowest BCUT2D eigenvalue weighted by Crippen LogP contribution is -2.35. The number of nitrogens with one attached hydrogen (secondary N) is 1. The number of amides is 1. The van der Waals surface area contributed by atoms with E-state index in [0.29, 0.717) is 67.1 Å². The average Bonchev–Trinajstić information content (AvgIpc) is 3.08. The van der Waals surface area contributed by atoms with Crippen molar-refractivity contribution in [2.75, 3.05) is 26.3 Å². The third-order valence-corrected chi connectivity index (χ3v) is 8.06. The molecule has 33 heavy (non-hydrogen) atoms. The number of halogens is 1. The smallest absolute Gasteiger partial charge is 0.243 e. The number of aryl methyl sites for hydroxylation is 1. The van der Waals surface area contributed by atoms with Gasteiger partial charge in [0.2, 0.25) is 15.9 Å². The van der Waals surface area contributed by atoms with Crippen LogP contribution >= 0.6 is 11.6 Å². The number of hydrogen-bond donors (Lipinski definition) is 1. The van der Waals surface area contributed by atoms with E-state index < -0.39 is 10.0 Å². The number of ether oxygens (including phenoxy) is 2. The second-order valence-corrected chi connectivity index (χ2v) is 10.7. The topological polar surface area (TPSA) is 84.9 Å². The molecular formula is C24H29ClN2O5S. The Hall–Kier alpha value is -2.29. The van der Waals surface area contributed by atoms with Gasteiger partial charge >= 0.3 is 0 Å². The SMILES string of the molecule is O=C(CCc1ccc(S(=O)(=O)N2CCCCC2)cc1)NCc1cc(Cl)c2c(c1)OCCCO2. The molecule has 4 rings (SSSR count). The lowest BCUT2D eigenvalue weighted by atomic mass is 10.1. The summed E-state index contributed by atoms with van der Waals surface area (Å²) in [5.41, 5.74) is 1.76. The first-order valence-electron chi connectivity index (χ1n) is 11.4. The lowest BCUT2D eigenvalue weighted by Gasteiger charge is -2.25. The molecule has 2 aromatic carbocycles. The van der Waals surface area contributed by atoms with Gasteiger partial charge in [0.25, 0.3) is 0 Å². The minimum absolute atomic E-state index is 0.0942. The summed E-state index contributed by atoms with van der Waals surface area (Å²) in [4.78, 5) is 12.7. The van der Waals surface area contributed by atoms with Crippen molar-refractivity contribution >= 4 is 27.5 Å². The van der Waals surface area contributed by atoms with Gasteiger partial charge in [-0.25, -0.2) is 8.42 Å². The van der Waals surface area contributed by atoms with Gasteiger partial charge in [0, 0.05) is 32.5 Å². The maximum absolute atomic E-state index is 12.8. The van der Waals surface area contributed by atoms with Gasteiger partial charge in [-0.1, -0.05) is 30.2 Å². The van der Waals surface area contributed by atoms with Crippen LogP contribution in [-0.4, -0.2) is 44.9 Å². The number of hydrogen-bond acceptors (Lipinski definition) is 5. The van der Waals surface area contributed by atoms with E-state index in [0.717, 1.165) is 36.8 Å². The molecule has 0 bridgehead atoms. The van der Waals surface area contributed by atoms with E-state index in [9.17, 15) is 13.2 Å². The van der Waals surface area contributed by atoms with Gasteiger partial charge in [-0.15, -0.1) is 0 Å². The van der Waals surface area contributed by atoms with Crippen molar-refractivity contribution in [3.8, 4) is 11.5 Å². The van der Waals surface area contributed by atoms with Crippen molar-refractivity contribution in [1.82, 2.24) is 9.62 Å². The maximum atomic E-state index is 12.8. The Kier molecular flexibility index (Phi) is 7.78. The van der Waals surface area contributed by atoms with Gasteiger partial charge in [-0.3, -0.25) is 4.79 Å². The van der Waals surface area contributed by atoms with Crippen LogP contribution in [0.5, 0.6) is 11.5 Å². The summed E-state index contributed by atoms with van der Waals surface area (Å²) in [5.74, 6) is 1.06. The molecule has 0 aliphatic carbocycles. The third-order valence-electron chi connectivity index (χ3n) is 5.87. The fourth-order valence-electron chi connectivity index (χ4n) is 4.02. The summed E-state index contributed by atoms with van der Waals surface area (Å²) < 4.78 is 38.4. The first-order chi connectivity index (χ1) is 15.9. The van der Waals surface area contributed by atoms with Crippen molar-refractivity contribution < 1.29 is 22.7 Å². The molecule has 0 spiro atoms. The van der Waals surface area contributed by atoms with Crippen LogP contribution < -0.4 is 14.8 Å². The normalized spacial score (nSPS) is 16.8. The molecule has 9 heteroatoms. The van der Waals surface area contributed by atoms with Crippen LogP contribution in [0.15, 0.2) is 41.3 Å². The third kappa shape index (κ3) is 5.99. The first kappa shape index (κ1) is 23.9. The zero-order valence-corrected chi connectivity index (χ0v) is 20.1. The van der Waals surface area contributed by atoms with Crippen molar-refractivity contribution in [3.63, 3.8) is 0 Å². The second kappa shape index (κ2) is 10.8. The lowest BCUT2D eigenvalue weighted by molar-refractivity contribution is -0.121. The Balaban J connectivity index is 1.29. The largest absolute Gasteiger partial charge is 0.489 e. The summed E-state index contributed by atoms with van der Waals surface area (Å²) in [7, 11) is -3.44. The molecule has 0 atom stereocenters. The van der Waals surface area contributed by atoms with Crippen LogP contribution in [0.25, 0.3) is 0 Å². The molecule has 0 saturated carbocycles. The van der Waals surface area contributed by atoms with E-state index in [-0.39, 0.29) is 5.91 Å². The molecule has 1 amide bonds. The van der Waals surface area contributed by atoms with Crippen LogP contribution in [-0.2, 0) is 27.8 Å². The summed E-state index contributed by atoms with van der Waals surface area (Å²) in [5, 5.41) is 3.37. The molecule has 1 saturated heterocycles. The number of rotatable bonds is 7. The van der Waals surface area contributed by atoms with Crippen molar-refractivity contribution in [1.29, 1.82) is 0 Å². The molecule has 2 aliphatic rings. The molecule has 2 aliphatic heterocycles. The number of carbonyl (C=O) groups is 1. The molecule has 1 N–H and O–H groups in total. The highest BCUT2D eigenvalue weighted by Crippen LogP contribution is 2.38. The van der Waals surface area contributed by atoms with E-state index in [2.05, 4.69) is 5.32 Å². The van der Waals surface area contributed by atoms with Crippen molar-refractivity contribution in [2.24, 2.45) is 0 Å². The highest BCUT2D eigenvalue weighted by atomic mass is 35.5. The number of piperidine rings is 1. The van der Waals surface area contributed by atoms with Gasteiger partial charge in [0.1, 0.15) is 0 Å². The second-order valence-electron chi connectivity index (χ2n) is 8.34. The fourth-order valence-corrected chi connectivity index (χ4v) is 5.82. The average molecular weight is 493 g/mol. The molecule has 2 aromatic rings. The van der Waals surface area contributed by atoms with E-state index in [1.807, 2.05) is 6.07 Å². The molecule has 2 heterocycles. The minimum atomic E-state index is -3.44. The number of nitrogens with zero attached hydrogens (tertiary/aromatic N) is 1. The Bertz CT molecular complexity index is 1080. The molecule has 0 radical (unpaired) electrons. The summed E-state index contributed by atoms with van der Waals surface area (Å²) >= 11 is 6.31. The molecule has 0 aromatic heterocycles. The maximum Gasteiger partial charge on any atom is 0.243 e.